The Bertz CT molecular complexity index is 819. The smallest absolute Gasteiger partial charge is 0.160 e. The fourth-order valence-corrected chi connectivity index (χ4v) is 3.65. The summed E-state index contributed by atoms with van der Waals surface area (Å²) >= 11 is 1.75. The van der Waals surface area contributed by atoms with E-state index in [1.165, 1.54) is 16.7 Å². The zero-order valence-electron chi connectivity index (χ0n) is 16.1. The lowest BCUT2D eigenvalue weighted by Crippen LogP contribution is -2.28. The van der Waals surface area contributed by atoms with Crippen molar-refractivity contribution >= 4 is 16.9 Å². The molecule has 0 atom stereocenters. The van der Waals surface area contributed by atoms with Crippen LogP contribution in [0.1, 0.15) is 16.7 Å². The lowest BCUT2D eigenvalue weighted by molar-refractivity contribution is 0.413. The Morgan fingerprint density at radius 1 is 0.750 bits per heavy atom. The Hall–Kier alpha value is -2.78. The van der Waals surface area contributed by atoms with E-state index in [0.717, 1.165) is 24.0 Å². The summed E-state index contributed by atoms with van der Waals surface area (Å²) in [7, 11) is 0. The second-order valence-electron chi connectivity index (χ2n) is 6.51. The molecule has 0 N–H and O–H groups in total. The standard InChI is InChI=1S/C25H26N2S/c1-2-18-28-25(26-19-22-12-6-3-7-13-22)27(20-23-14-8-4-9-15-23)21-24-16-10-5-11-17-24/h2-17H,1,18-21H2. The molecular weight excluding hydrogens is 360 g/mol. The van der Waals surface area contributed by atoms with Crippen LogP contribution in [0.2, 0.25) is 0 Å². The van der Waals surface area contributed by atoms with E-state index in [1.807, 2.05) is 12.1 Å². The lowest BCUT2D eigenvalue weighted by atomic mass is 10.2. The minimum Gasteiger partial charge on any atom is -0.343 e. The van der Waals surface area contributed by atoms with E-state index >= 15 is 0 Å². The molecule has 0 aliphatic heterocycles. The molecule has 0 spiro atoms. The van der Waals surface area contributed by atoms with Gasteiger partial charge in [0.2, 0.25) is 0 Å². The number of rotatable bonds is 8. The van der Waals surface area contributed by atoms with Crippen molar-refractivity contribution in [3.05, 3.63) is 120 Å². The number of hydrogen-bond acceptors (Lipinski definition) is 2. The fourth-order valence-electron chi connectivity index (χ4n) is 2.91. The second kappa shape index (κ2) is 11.2. The molecular formula is C25H26N2S. The Kier molecular flexibility index (Phi) is 7.95. The molecule has 0 fully saturated rings. The molecule has 2 nitrogen and oxygen atoms in total. The molecule has 3 aromatic rings. The van der Waals surface area contributed by atoms with Crippen LogP contribution in [0, 0.1) is 0 Å². The van der Waals surface area contributed by atoms with Gasteiger partial charge in [-0.2, -0.15) is 0 Å². The van der Waals surface area contributed by atoms with Crippen LogP contribution in [-0.4, -0.2) is 15.8 Å². The van der Waals surface area contributed by atoms with Crippen LogP contribution >= 0.6 is 11.8 Å². The number of aliphatic imine (C=N–C) groups is 1. The minimum atomic E-state index is 0.681. The van der Waals surface area contributed by atoms with Crippen molar-refractivity contribution in [2.45, 2.75) is 19.6 Å². The third-order valence-corrected chi connectivity index (χ3v) is 5.32. The first kappa shape index (κ1) is 20.0. The highest BCUT2D eigenvalue weighted by atomic mass is 32.2. The zero-order valence-corrected chi connectivity index (χ0v) is 16.9. The summed E-state index contributed by atoms with van der Waals surface area (Å²) in [4.78, 5) is 7.34. The highest BCUT2D eigenvalue weighted by Gasteiger charge is 2.13. The van der Waals surface area contributed by atoms with E-state index in [0.29, 0.717) is 6.54 Å². The molecule has 0 saturated carbocycles. The van der Waals surface area contributed by atoms with Crippen molar-refractivity contribution in [2.24, 2.45) is 4.99 Å². The molecule has 3 heteroatoms. The van der Waals surface area contributed by atoms with Crippen LogP contribution in [0.3, 0.4) is 0 Å². The first-order chi connectivity index (χ1) is 13.8. The minimum absolute atomic E-state index is 0.681. The Balaban J connectivity index is 1.86. The molecule has 0 aliphatic carbocycles. The summed E-state index contributed by atoms with van der Waals surface area (Å²) < 4.78 is 0. The van der Waals surface area contributed by atoms with Gasteiger partial charge in [0.25, 0.3) is 0 Å². The molecule has 0 bridgehead atoms. The maximum absolute atomic E-state index is 4.98. The molecule has 0 unspecified atom stereocenters. The van der Waals surface area contributed by atoms with Gasteiger partial charge < -0.3 is 4.90 Å². The van der Waals surface area contributed by atoms with Crippen molar-refractivity contribution in [1.29, 1.82) is 0 Å². The molecule has 3 rings (SSSR count). The van der Waals surface area contributed by atoms with E-state index in [1.54, 1.807) is 11.8 Å². The molecule has 0 aliphatic rings. The van der Waals surface area contributed by atoms with Gasteiger partial charge in [0.05, 0.1) is 6.54 Å². The molecule has 0 radical (unpaired) electrons. The van der Waals surface area contributed by atoms with E-state index in [9.17, 15) is 0 Å². The third-order valence-electron chi connectivity index (χ3n) is 4.27. The number of amidine groups is 1. The van der Waals surface area contributed by atoms with Gasteiger partial charge in [0.15, 0.2) is 5.17 Å². The monoisotopic (exact) mass is 386 g/mol. The summed E-state index contributed by atoms with van der Waals surface area (Å²) in [6, 6.07) is 31.6. The maximum Gasteiger partial charge on any atom is 0.160 e. The van der Waals surface area contributed by atoms with Crippen LogP contribution in [0.5, 0.6) is 0 Å². The van der Waals surface area contributed by atoms with Gasteiger partial charge in [-0.15, -0.1) is 6.58 Å². The first-order valence-electron chi connectivity index (χ1n) is 9.50. The average Bonchev–Trinajstić information content (AvgIpc) is 2.76. The highest BCUT2D eigenvalue weighted by molar-refractivity contribution is 8.13. The molecule has 0 amide bonds. The SMILES string of the molecule is C=CCSC(=NCc1ccccc1)N(Cc1ccccc1)Cc1ccccc1. The van der Waals surface area contributed by atoms with E-state index in [2.05, 4.69) is 96.4 Å². The van der Waals surface area contributed by atoms with Crippen LogP contribution in [0.4, 0.5) is 0 Å². The average molecular weight is 387 g/mol. The molecule has 0 saturated heterocycles. The normalized spacial score (nSPS) is 11.2. The Labute approximate surface area is 172 Å². The largest absolute Gasteiger partial charge is 0.343 e. The van der Waals surface area contributed by atoms with E-state index in [-0.39, 0.29) is 0 Å². The van der Waals surface area contributed by atoms with Gasteiger partial charge in [-0.3, -0.25) is 4.99 Å². The summed E-state index contributed by atoms with van der Waals surface area (Å²) in [5.41, 5.74) is 3.79. The van der Waals surface area contributed by atoms with Gasteiger partial charge in [-0.25, -0.2) is 0 Å². The van der Waals surface area contributed by atoms with Crippen LogP contribution in [-0.2, 0) is 19.6 Å². The van der Waals surface area contributed by atoms with Gasteiger partial charge in [0, 0.05) is 18.8 Å². The van der Waals surface area contributed by atoms with E-state index in [4.69, 9.17) is 4.99 Å². The Morgan fingerprint density at radius 3 is 1.68 bits per heavy atom. The quantitative estimate of drug-likeness (QED) is 0.261. The Morgan fingerprint density at radius 2 is 1.21 bits per heavy atom. The van der Waals surface area contributed by atoms with Crippen molar-refractivity contribution in [1.82, 2.24) is 4.90 Å². The van der Waals surface area contributed by atoms with Gasteiger partial charge in [-0.1, -0.05) is 109 Å². The predicted molar refractivity (Wildman–Crippen MR) is 122 cm³/mol. The van der Waals surface area contributed by atoms with Crippen molar-refractivity contribution < 1.29 is 0 Å². The fraction of sp³-hybridized carbons (Fsp3) is 0.160. The van der Waals surface area contributed by atoms with Crippen molar-refractivity contribution in [3.63, 3.8) is 0 Å². The number of benzene rings is 3. The summed E-state index contributed by atoms with van der Waals surface area (Å²) in [5, 5.41) is 1.05. The number of thioether (sulfide) groups is 1. The van der Waals surface area contributed by atoms with Crippen molar-refractivity contribution in [2.75, 3.05) is 5.75 Å². The summed E-state index contributed by atoms with van der Waals surface area (Å²) in [5.74, 6) is 0.841. The molecule has 3 aromatic carbocycles. The molecule has 0 heterocycles. The number of hydrogen-bond donors (Lipinski definition) is 0. The van der Waals surface area contributed by atoms with Crippen molar-refractivity contribution in [3.8, 4) is 0 Å². The van der Waals surface area contributed by atoms with E-state index < -0.39 is 0 Å². The predicted octanol–water partition coefficient (Wildman–Crippen LogP) is 6.16. The van der Waals surface area contributed by atoms with Crippen LogP contribution in [0.15, 0.2) is 109 Å². The third kappa shape index (κ3) is 6.43. The van der Waals surface area contributed by atoms with Gasteiger partial charge in [-0.05, 0) is 16.7 Å². The summed E-state index contributed by atoms with van der Waals surface area (Å²) in [6.07, 6.45) is 1.94. The molecule has 28 heavy (non-hydrogen) atoms. The lowest BCUT2D eigenvalue weighted by Gasteiger charge is -2.26. The van der Waals surface area contributed by atoms with Gasteiger partial charge >= 0.3 is 0 Å². The highest BCUT2D eigenvalue weighted by Crippen LogP contribution is 2.18. The molecule has 142 valence electrons. The van der Waals surface area contributed by atoms with Gasteiger partial charge in [0.1, 0.15) is 0 Å². The maximum atomic E-state index is 4.98. The molecule has 0 aromatic heterocycles. The van der Waals surface area contributed by atoms with Crippen LogP contribution in [0.25, 0.3) is 0 Å². The van der Waals surface area contributed by atoms with Crippen LogP contribution < -0.4 is 0 Å². The zero-order chi connectivity index (χ0) is 19.4. The summed E-state index contributed by atoms with van der Waals surface area (Å²) in [6.45, 7) is 6.22. The second-order valence-corrected chi connectivity index (χ2v) is 7.50. The first-order valence-corrected chi connectivity index (χ1v) is 10.5. The topological polar surface area (TPSA) is 15.6 Å². The number of nitrogens with zero attached hydrogens (tertiary/aromatic N) is 2.